The molecule has 0 heterocycles. The van der Waals surface area contributed by atoms with Gasteiger partial charge in [-0.1, -0.05) is 0 Å². The van der Waals surface area contributed by atoms with E-state index in [1.807, 2.05) is 0 Å². The molecule has 0 fully saturated rings. The van der Waals surface area contributed by atoms with Crippen molar-refractivity contribution in [2.24, 2.45) is 0 Å². The fourth-order valence-corrected chi connectivity index (χ4v) is 1.02. The van der Waals surface area contributed by atoms with E-state index in [0.717, 1.165) is 0 Å². The first-order chi connectivity index (χ1) is 6.07. The SMILES string of the molecule is CSOc1c(F)c(F)cc(F)c1F. The van der Waals surface area contributed by atoms with Crippen molar-refractivity contribution in [1.82, 2.24) is 0 Å². The molecule has 0 saturated heterocycles. The topological polar surface area (TPSA) is 9.23 Å². The standard InChI is InChI=1S/C7H4F4OS/c1-13-12-7-5(10)3(8)2-4(9)6(7)11/h2H,1H3. The fourth-order valence-electron chi connectivity index (χ4n) is 0.708. The van der Waals surface area contributed by atoms with Crippen LogP contribution in [0.25, 0.3) is 0 Å². The molecular weight excluding hydrogens is 208 g/mol. The third-order valence-electron chi connectivity index (χ3n) is 1.24. The van der Waals surface area contributed by atoms with Gasteiger partial charge in [0.15, 0.2) is 11.6 Å². The van der Waals surface area contributed by atoms with Gasteiger partial charge in [0, 0.05) is 12.3 Å². The molecule has 6 heteroatoms. The van der Waals surface area contributed by atoms with Crippen molar-refractivity contribution >= 4 is 12.0 Å². The molecule has 1 rings (SSSR count). The lowest BCUT2D eigenvalue weighted by Crippen LogP contribution is -1.97. The van der Waals surface area contributed by atoms with Gasteiger partial charge in [0.25, 0.3) is 0 Å². The Labute approximate surface area is 75.9 Å². The van der Waals surface area contributed by atoms with E-state index in [0.29, 0.717) is 12.0 Å². The van der Waals surface area contributed by atoms with Crippen LogP contribution < -0.4 is 4.18 Å². The van der Waals surface area contributed by atoms with E-state index in [1.54, 1.807) is 0 Å². The van der Waals surface area contributed by atoms with Gasteiger partial charge in [0.1, 0.15) is 0 Å². The summed E-state index contributed by atoms with van der Waals surface area (Å²) in [6.45, 7) is 0. The summed E-state index contributed by atoms with van der Waals surface area (Å²) in [7, 11) is 0. The maximum absolute atomic E-state index is 12.7. The zero-order chi connectivity index (χ0) is 10.0. The molecule has 0 aliphatic carbocycles. The van der Waals surface area contributed by atoms with Gasteiger partial charge in [-0.25, -0.2) is 8.78 Å². The summed E-state index contributed by atoms with van der Waals surface area (Å²) < 4.78 is 54.7. The molecule has 0 atom stereocenters. The highest BCUT2D eigenvalue weighted by atomic mass is 32.2. The average Bonchev–Trinajstić information content (AvgIpc) is 2.09. The number of hydrogen-bond donors (Lipinski definition) is 0. The molecule has 1 aromatic rings. The summed E-state index contributed by atoms with van der Waals surface area (Å²) in [5.41, 5.74) is 0. The second kappa shape index (κ2) is 3.87. The highest BCUT2D eigenvalue weighted by molar-refractivity contribution is 7.94. The Morgan fingerprint density at radius 3 is 1.92 bits per heavy atom. The first-order valence-corrected chi connectivity index (χ1v) is 4.26. The van der Waals surface area contributed by atoms with Crippen LogP contribution in [0.15, 0.2) is 6.07 Å². The number of hydrogen-bond acceptors (Lipinski definition) is 2. The van der Waals surface area contributed by atoms with Crippen LogP contribution in [0, 0.1) is 23.3 Å². The highest BCUT2D eigenvalue weighted by Crippen LogP contribution is 2.28. The summed E-state index contributed by atoms with van der Waals surface area (Å²) >= 11 is 0.587. The summed E-state index contributed by atoms with van der Waals surface area (Å²) in [6, 6.07) is 0.123. The maximum atomic E-state index is 12.7. The molecule has 0 N–H and O–H groups in total. The molecule has 0 saturated carbocycles. The second-order valence-electron chi connectivity index (χ2n) is 2.05. The minimum absolute atomic E-state index is 0.123. The lowest BCUT2D eigenvalue weighted by Gasteiger charge is -2.04. The number of benzene rings is 1. The van der Waals surface area contributed by atoms with Gasteiger partial charge in [-0.2, -0.15) is 8.78 Å². The van der Waals surface area contributed by atoms with Crippen LogP contribution in [0.3, 0.4) is 0 Å². The van der Waals surface area contributed by atoms with Gasteiger partial charge in [0.2, 0.25) is 17.4 Å². The van der Waals surface area contributed by atoms with Crippen LogP contribution in [0.1, 0.15) is 0 Å². The molecule has 72 valence electrons. The van der Waals surface area contributed by atoms with Crippen molar-refractivity contribution in [3.8, 4) is 5.75 Å². The molecule has 1 aromatic carbocycles. The van der Waals surface area contributed by atoms with Gasteiger partial charge in [0.05, 0.1) is 12.0 Å². The molecular formula is C7H4F4OS. The summed E-state index contributed by atoms with van der Waals surface area (Å²) in [6.07, 6.45) is 1.36. The fraction of sp³-hybridized carbons (Fsp3) is 0.143. The number of halogens is 4. The average molecular weight is 212 g/mol. The first kappa shape index (κ1) is 10.2. The van der Waals surface area contributed by atoms with Crippen LogP contribution in [0.5, 0.6) is 5.75 Å². The molecule has 0 unspecified atom stereocenters. The van der Waals surface area contributed by atoms with Crippen LogP contribution >= 0.6 is 12.0 Å². The molecule has 0 aliphatic rings. The number of rotatable bonds is 2. The largest absolute Gasteiger partial charge is 0.420 e. The minimum Gasteiger partial charge on any atom is -0.420 e. The molecule has 0 amide bonds. The third kappa shape index (κ3) is 1.88. The summed E-state index contributed by atoms with van der Waals surface area (Å²) in [5, 5.41) is 0. The van der Waals surface area contributed by atoms with Gasteiger partial charge in [-0.3, -0.25) is 0 Å². The van der Waals surface area contributed by atoms with Crippen molar-refractivity contribution in [3.63, 3.8) is 0 Å². The Morgan fingerprint density at radius 2 is 1.54 bits per heavy atom. The Bertz CT molecular complexity index is 303. The van der Waals surface area contributed by atoms with Crippen LogP contribution in [0.2, 0.25) is 0 Å². The molecule has 0 radical (unpaired) electrons. The smallest absolute Gasteiger partial charge is 0.214 e. The van der Waals surface area contributed by atoms with Gasteiger partial charge in [-0.15, -0.1) is 0 Å². The zero-order valence-corrected chi connectivity index (χ0v) is 7.22. The molecule has 0 aromatic heterocycles. The van der Waals surface area contributed by atoms with Gasteiger partial charge in [-0.05, 0) is 0 Å². The Kier molecular flexibility index (Phi) is 3.02. The predicted octanol–water partition coefficient (Wildman–Crippen LogP) is 2.90. The molecule has 0 bridgehead atoms. The summed E-state index contributed by atoms with van der Waals surface area (Å²) in [4.78, 5) is 0. The second-order valence-corrected chi connectivity index (χ2v) is 2.55. The van der Waals surface area contributed by atoms with E-state index in [-0.39, 0.29) is 6.07 Å². The van der Waals surface area contributed by atoms with Gasteiger partial charge >= 0.3 is 0 Å². The van der Waals surface area contributed by atoms with E-state index in [1.165, 1.54) is 6.26 Å². The normalized spacial score (nSPS) is 10.2. The quantitative estimate of drug-likeness (QED) is 0.423. The van der Waals surface area contributed by atoms with E-state index < -0.39 is 29.0 Å². The maximum Gasteiger partial charge on any atom is 0.214 e. The summed E-state index contributed by atoms with van der Waals surface area (Å²) in [5.74, 6) is -7.09. The van der Waals surface area contributed by atoms with E-state index >= 15 is 0 Å². The van der Waals surface area contributed by atoms with E-state index in [2.05, 4.69) is 4.18 Å². The lowest BCUT2D eigenvalue weighted by molar-refractivity contribution is 0.410. The van der Waals surface area contributed by atoms with E-state index in [4.69, 9.17) is 0 Å². The van der Waals surface area contributed by atoms with Crippen LogP contribution in [-0.4, -0.2) is 6.26 Å². The predicted molar refractivity (Wildman–Crippen MR) is 40.4 cm³/mol. The van der Waals surface area contributed by atoms with Crippen molar-refractivity contribution in [2.45, 2.75) is 0 Å². The minimum atomic E-state index is -1.53. The van der Waals surface area contributed by atoms with Crippen molar-refractivity contribution in [1.29, 1.82) is 0 Å². The van der Waals surface area contributed by atoms with Crippen LogP contribution in [-0.2, 0) is 0 Å². The highest BCUT2D eigenvalue weighted by Gasteiger charge is 2.20. The Balaban J connectivity index is 3.28. The molecule has 13 heavy (non-hydrogen) atoms. The van der Waals surface area contributed by atoms with Gasteiger partial charge < -0.3 is 4.18 Å². The first-order valence-electron chi connectivity index (χ1n) is 3.11. The van der Waals surface area contributed by atoms with Crippen LogP contribution in [0.4, 0.5) is 17.6 Å². The Hall–Kier alpha value is -0.910. The lowest BCUT2D eigenvalue weighted by atomic mass is 10.3. The van der Waals surface area contributed by atoms with Crippen molar-refractivity contribution in [2.75, 3.05) is 6.26 Å². The Morgan fingerprint density at radius 1 is 1.08 bits per heavy atom. The van der Waals surface area contributed by atoms with Crippen molar-refractivity contribution in [3.05, 3.63) is 29.3 Å². The molecule has 0 aliphatic heterocycles. The zero-order valence-electron chi connectivity index (χ0n) is 6.41. The monoisotopic (exact) mass is 212 g/mol. The third-order valence-corrected chi connectivity index (χ3v) is 1.57. The van der Waals surface area contributed by atoms with Crippen molar-refractivity contribution < 1.29 is 21.7 Å². The van der Waals surface area contributed by atoms with E-state index in [9.17, 15) is 17.6 Å². The molecule has 0 spiro atoms. The molecule has 1 nitrogen and oxygen atoms in total.